The lowest BCUT2D eigenvalue weighted by molar-refractivity contribution is 0.0162. The van der Waals surface area contributed by atoms with E-state index in [2.05, 4.69) is 22.3 Å². The maximum Gasteiger partial charge on any atom is 0.251 e. The molecule has 0 radical (unpaired) electrons. The lowest BCUT2D eigenvalue weighted by Gasteiger charge is -2.35. The van der Waals surface area contributed by atoms with Gasteiger partial charge in [0.1, 0.15) is 5.75 Å². The molecule has 1 heterocycles. The number of benzene rings is 3. The molecule has 1 aliphatic heterocycles. The minimum atomic E-state index is -0.0476. The first-order chi connectivity index (χ1) is 14.3. The molecule has 1 N–H and O–H groups in total. The summed E-state index contributed by atoms with van der Waals surface area (Å²) in [4.78, 5) is 15.4. The van der Waals surface area contributed by atoms with E-state index < -0.39 is 0 Å². The summed E-state index contributed by atoms with van der Waals surface area (Å²) in [6, 6.07) is 22.0. The quantitative estimate of drug-likeness (QED) is 0.698. The monoisotopic (exact) mass is 390 g/mol. The SMILES string of the molecule is COc1ccc([C@H](CNC(=O)c2cccc3ccccc23)N2CCOCC2)cc1. The first-order valence-electron chi connectivity index (χ1n) is 9.98. The molecule has 0 bridgehead atoms. The third-order valence-electron chi connectivity index (χ3n) is 5.48. The van der Waals surface area contributed by atoms with Crippen LogP contribution in [-0.4, -0.2) is 50.8 Å². The third kappa shape index (κ3) is 4.42. The number of amides is 1. The zero-order valence-corrected chi connectivity index (χ0v) is 16.6. The van der Waals surface area contributed by atoms with Crippen LogP contribution in [0.5, 0.6) is 5.75 Å². The van der Waals surface area contributed by atoms with Gasteiger partial charge in [-0.05, 0) is 34.5 Å². The second-order valence-electron chi connectivity index (χ2n) is 7.17. The number of hydrogen-bond donors (Lipinski definition) is 1. The standard InChI is InChI=1S/C24H26N2O3/c1-28-20-11-9-19(10-12-20)23(26-13-15-29-16-14-26)17-25-24(27)22-8-4-6-18-5-2-3-7-21(18)22/h2-12,23H,13-17H2,1H3,(H,25,27)/t23-/m0/s1. The fourth-order valence-corrected chi connectivity index (χ4v) is 3.88. The summed E-state index contributed by atoms with van der Waals surface area (Å²) in [5.74, 6) is 0.780. The van der Waals surface area contributed by atoms with Crippen LogP contribution in [0.2, 0.25) is 0 Å². The van der Waals surface area contributed by atoms with Crippen molar-refractivity contribution >= 4 is 16.7 Å². The molecule has 0 aliphatic carbocycles. The minimum Gasteiger partial charge on any atom is -0.497 e. The van der Waals surface area contributed by atoms with Crippen molar-refractivity contribution in [3.63, 3.8) is 0 Å². The van der Waals surface area contributed by atoms with Gasteiger partial charge >= 0.3 is 0 Å². The summed E-state index contributed by atoms with van der Waals surface area (Å²) in [5, 5.41) is 5.20. The van der Waals surface area contributed by atoms with Crippen LogP contribution in [0, 0.1) is 0 Å². The van der Waals surface area contributed by atoms with E-state index in [1.54, 1.807) is 7.11 Å². The van der Waals surface area contributed by atoms with Crippen LogP contribution in [0.15, 0.2) is 66.7 Å². The van der Waals surface area contributed by atoms with Gasteiger partial charge in [-0.1, -0.05) is 48.5 Å². The van der Waals surface area contributed by atoms with E-state index in [0.29, 0.717) is 25.3 Å². The van der Waals surface area contributed by atoms with Gasteiger partial charge in [-0.25, -0.2) is 0 Å². The molecule has 1 atom stereocenters. The fourth-order valence-electron chi connectivity index (χ4n) is 3.88. The summed E-state index contributed by atoms with van der Waals surface area (Å²) in [6.07, 6.45) is 0. The summed E-state index contributed by atoms with van der Waals surface area (Å²) in [6.45, 7) is 3.66. The van der Waals surface area contributed by atoms with Crippen molar-refractivity contribution in [3.8, 4) is 5.75 Å². The molecule has 3 aromatic rings. The maximum atomic E-state index is 13.0. The highest BCUT2D eigenvalue weighted by molar-refractivity contribution is 6.07. The van der Waals surface area contributed by atoms with Gasteiger partial charge in [0.15, 0.2) is 0 Å². The van der Waals surface area contributed by atoms with Gasteiger partial charge < -0.3 is 14.8 Å². The van der Waals surface area contributed by atoms with Gasteiger partial charge in [0.05, 0.1) is 26.4 Å². The number of carbonyl (C=O) groups excluding carboxylic acids is 1. The number of carbonyl (C=O) groups is 1. The molecule has 4 rings (SSSR count). The largest absolute Gasteiger partial charge is 0.497 e. The molecule has 150 valence electrons. The van der Waals surface area contributed by atoms with Crippen LogP contribution in [0.1, 0.15) is 22.0 Å². The van der Waals surface area contributed by atoms with Crippen molar-refractivity contribution in [1.82, 2.24) is 10.2 Å². The lowest BCUT2D eigenvalue weighted by atomic mass is 10.0. The Labute approximate surface area is 171 Å². The molecule has 0 saturated carbocycles. The summed E-state index contributed by atoms with van der Waals surface area (Å²) < 4.78 is 10.8. The number of rotatable bonds is 6. The Morgan fingerprint density at radius 3 is 2.52 bits per heavy atom. The molecule has 1 fully saturated rings. The normalized spacial score (nSPS) is 15.8. The van der Waals surface area contributed by atoms with Gasteiger partial charge in [-0.2, -0.15) is 0 Å². The number of fused-ring (bicyclic) bond motifs is 1. The van der Waals surface area contributed by atoms with Crippen LogP contribution in [0.4, 0.5) is 0 Å². The molecule has 5 heteroatoms. The van der Waals surface area contributed by atoms with E-state index in [-0.39, 0.29) is 11.9 Å². The van der Waals surface area contributed by atoms with Crippen molar-refractivity contribution < 1.29 is 14.3 Å². The highest BCUT2D eigenvalue weighted by atomic mass is 16.5. The molecule has 0 unspecified atom stereocenters. The molecule has 0 spiro atoms. The Morgan fingerprint density at radius 1 is 1.03 bits per heavy atom. The maximum absolute atomic E-state index is 13.0. The average molecular weight is 390 g/mol. The Bertz CT molecular complexity index is 960. The average Bonchev–Trinajstić information content (AvgIpc) is 2.80. The van der Waals surface area contributed by atoms with Crippen LogP contribution < -0.4 is 10.1 Å². The molecular weight excluding hydrogens is 364 g/mol. The predicted molar refractivity (Wildman–Crippen MR) is 114 cm³/mol. The van der Waals surface area contributed by atoms with Crippen molar-refractivity contribution in [2.24, 2.45) is 0 Å². The molecule has 5 nitrogen and oxygen atoms in total. The molecule has 29 heavy (non-hydrogen) atoms. The highest BCUT2D eigenvalue weighted by Gasteiger charge is 2.23. The smallest absolute Gasteiger partial charge is 0.251 e. The van der Waals surface area contributed by atoms with E-state index in [1.807, 2.05) is 54.6 Å². The lowest BCUT2D eigenvalue weighted by Crippen LogP contribution is -2.43. The molecule has 1 amide bonds. The second kappa shape index (κ2) is 9.07. The number of methoxy groups -OCH3 is 1. The third-order valence-corrected chi connectivity index (χ3v) is 5.48. The number of nitrogens with one attached hydrogen (secondary N) is 1. The van der Waals surface area contributed by atoms with E-state index in [0.717, 1.165) is 35.2 Å². The number of hydrogen-bond acceptors (Lipinski definition) is 4. The van der Waals surface area contributed by atoms with Crippen LogP contribution in [0.3, 0.4) is 0 Å². The first-order valence-corrected chi connectivity index (χ1v) is 9.98. The Balaban J connectivity index is 1.54. The molecule has 3 aromatic carbocycles. The van der Waals surface area contributed by atoms with Gasteiger partial charge in [0.25, 0.3) is 5.91 Å². The molecule has 0 aromatic heterocycles. The van der Waals surface area contributed by atoms with Gasteiger partial charge in [-0.3, -0.25) is 9.69 Å². The Kier molecular flexibility index (Phi) is 6.08. The second-order valence-corrected chi connectivity index (χ2v) is 7.17. The highest BCUT2D eigenvalue weighted by Crippen LogP contribution is 2.24. The zero-order chi connectivity index (χ0) is 20.1. The van der Waals surface area contributed by atoms with Gasteiger partial charge in [-0.15, -0.1) is 0 Å². The molecule has 1 saturated heterocycles. The van der Waals surface area contributed by atoms with Crippen LogP contribution in [-0.2, 0) is 4.74 Å². The van der Waals surface area contributed by atoms with E-state index >= 15 is 0 Å². The minimum absolute atomic E-state index is 0.0476. The van der Waals surface area contributed by atoms with E-state index in [4.69, 9.17) is 9.47 Å². The topological polar surface area (TPSA) is 50.8 Å². The summed E-state index contributed by atoms with van der Waals surface area (Å²) in [5.41, 5.74) is 1.87. The van der Waals surface area contributed by atoms with Crippen LogP contribution in [0.25, 0.3) is 10.8 Å². The molecular formula is C24H26N2O3. The Hall–Kier alpha value is -2.89. The first kappa shape index (κ1) is 19.4. The predicted octanol–water partition coefficient (Wildman–Crippen LogP) is 3.65. The fraction of sp³-hybridized carbons (Fsp3) is 0.292. The summed E-state index contributed by atoms with van der Waals surface area (Å²) >= 11 is 0. The van der Waals surface area contributed by atoms with Gasteiger partial charge in [0, 0.05) is 25.2 Å². The van der Waals surface area contributed by atoms with Crippen molar-refractivity contribution in [1.29, 1.82) is 0 Å². The number of ether oxygens (including phenoxy) is 2. The van der Waals surface area contributed by atoms with Crippen molar-refractivity contribution in [2.45, 2.75) is 6.04 Å². The number of nitrogens with zero attached hydrogens (tertiary/aromatic N) is 1. The van der Waals surface area contributed by atoms with Crippen molar-refractivity contribution in [3.05, 3.63) is 77.9 Å². The van der Waals surface area contributed by atoms with Gasteiger partial charge in [0.2, 0.25) is 0 Å². The number of morpholine rings is 1. The summed E-state index contributed by atoms with van der Waals surface area (Å²) in [7, 11) is 1.67. The zero-order valence-electron chi connectivity index (χ0n) is 16.6. The molecule has 1 aliphatic rings. The van der Waals surface area contributed by atoms with E-state index in [9.17, 15) is 4.79 Å². The Morgan fingerprint density at radius 2 is 1.76 bits per heavy atom. The van der Waals surface area contributed by atoms with E-state index in [1.165, 1.54) is 0 Å². The van der Waals surface area contributed by atoms with Crippen LogP contribution >= 0.6 is 0 Å². The van der Waals surface area contributed by atoms with Crippen molar-refractivity contribution in [2.75, 3.05) is 40.0 Å².